The third-order valence-electron chi connectivity index (χ3n) is 5.67. The number of hydrogen-bond donors (Lipinski definition) is 1. The maximum atomic E-state index is 3.72. The second-order valence-corrected chi connectivity index (χ2v) is 7.04. The van der Waals surface area contributed by atoms with Gasteiger partial charge in [-0.1, -0.05) is 54.6 Å². The summed E-state index contributed by atoms with van der Waals surface area (Å²) in [6, 6.07) is 28.2. The Morgan fingerprint density at radius 2 is 1.35 bits per heavy atom. The van der Waals surface area contributed by atoms with Gasteiger partial charge in [-0.05, 0) is 48.2 Å². The first-order valence-electron chi connectivity index (χ1n) is 9.19. The zero-order valence-electron chi connectivity index (χ0n) is 14.4. The van der Waals surface area contributed by atoms with E-state index < -0.39 is 0 Å². The first-order valence-corrected chi connectivity index (χ1v) is 9.19. The fraction of sp³-hybridized carbons (Fsp3) is 0.0833. The average molecular weight is 334 g/mol. The minimum absolute atomic E-state index is 1.09. The van der Waals surface area contributed by atoms with Crippen molar-refractivity contribution < 1.29 is 0 Å². The number of aromatic amines is 1. The van der Waals surface area contributed by atoms with Gasteiger partial charge >= 0.3 is 0 Å². The third-order valence-corrected chi connectivity index (χ3v) is 5.67. The molecule has 0 saturated heterocycles. The molecule has 0 atom stereocenters. The number of hydrogen-bond acceptors (Lipinski definition) is 0. The van der Waals surface area contributed by atoms with Gasteiger partial charge in [-0.2, -0.15) is 0 Å². The van der Waals surface area contributed by atoms with Gasteiger partial charge in [-0.3, -0.25) is 0 Å². The van der Waals surface area contributed by atoms with E-state index >= 15 is 0 Å². The molecule has 1 aliphatic carbocycles. The van der Waals surface area contributed by atoms with Crippen LogP contribution in [0.1, 0.15) is 11.1 Å². The van der Waals surface area contributed by atoms with Crippen molar-refractivity contribution in [2.45, 2.75) is 12.8 Å². The minimum atomic E-state index is 1.09. The number of nitrogens with one attached hydrogen (secondary N) is 1. The van der Waals surface area contributed by atoms with Gasteiger partial charge in [0, 0.05) is 22.0 Å². The number of H-pyrrole nitrogens is 1. The van der Waals surface area contributed by atoms with Crippen LogP contribution in [0.3, 0.4) is 0 Å². The standard InChI is InChI=1S/C24H18N2/c1-2-8-16(9-3-1)26-22-13-7-5-11-18(22)20-15-14-19-17-10-4-6-12-21(17)25-23(19)24(20)26/h1-13,25H,14-15H2. The Bertz CT molecular complexity index is 1270. The first kappa shape index (κ1) is 14.0. The van der Waals surface area contributed by atoms with Crippen molar-refractivity contribution in [1.29, 1.82) is 0 Å². The summed E-state index contributed by atoms with van der Waals surface area (Å²) in [4.78, 5) is 3.72. The maximum Gasteiger partial charge on any atom is 0.0739 e. The quantitative estimate of drug-likeness (QED) is 0.395. The van der Waals surface area contributed by atoms with Gasteiger partial charge < -0.3 is 9.55 Å². The van der Waals surface area contributed by atoms with Crippen molar-refractivity contribution in [3.63, 3.8) is 0 Å². The van der Waals surface area contributed by atoms with Crippen LogP contribution in [0.15, 0.2) is 78.9 Å². The van der Waals surface area contributed by atoms with Crippen LogP contribution in [-0.2, 0) is 12.8 Å². The van der Waals surface area contributed by atoms with Crippen LogP contribution in [0.5, 0.6) is 0 Å². The molecule has 124 valence electrons. The Balaban J connectivity index is 1.79. The fourth-order valence-corrected chi connectivity index (χ4v) is 4.58. The van der Waals surface area contributed by atoms with Crippen LogP contribution < -0.4 is 0 Å². The molecule has 26 heavy (non-hydrogen) atoms. The van der Waals surface area contributed by atoms with E-state index in [1.165, 1.54) is 50.0 Å². The molecule has 1 N–H and O–H groups in total. The minimum Gasteiger partial charge on any atom is -0.353 e. The second kappa shape index (κ2) is 5.12. The van der Waals surface area contributed by atoms with Gasteiger partial charge in [0.1, 0.15) is 0 Å². The first-order chi connectivity index (χ1) is 12.9. The lowest BCUT2D eigenvalue weighted by atomic mass is 9.92. The van der Waals surface area contributed by atoms with Crippen LogP contribution >= 0.6 is 0 Å². The molecule has 1 aliphatic rings. The van der Waals surface area contributed by atoms with Crippen molar-refractivity contribution >= 4 is 21.8 Å². The highest BCUT2D eigenvalue weighted by Crippen LogP contribution is 2.43. The molecule has 2 aromatic heterocycles. The van der Waals surface area contributed by atoms with Crippen molar-refractivity contribution in [2.24, 2.45) is 0 Å². The Hall–Kier alpha value is -3.26. The summed E-state index contributed by atoms with van der Waals surface area (Å²) in [5.74, 6) is 0. The van der Waals surface area contributed by atoms with Gasteiger partial charge in [0.15, 0.2) is 0 Å². The SMILES string of the molecule is c1ccc(-n2c3c(c4ccccc42)CCc2c-3[nH]c3ccccc23)cc1. The Morgan fingerprint density at radius 1 is 0.654 bits per heavy atom. The summed E-state index contributed by atoms with van der Waals surface area (Å²) < 4.78 is 2.43. The molecule has 2 nitrogen and oxygen atoms in total. The topological polar surface area (TPSA) is 20.7 Å². The smallest absolute Gasteiger partial charge is 0.0739 e. The summed E-state index contributed by atoms with van der Waals surface area (Å²) >= 11 is 0. The van der Waals surface area contributed by atoms with Gasteiger partial charge in [0.2, 0.25) is 0 Å². The fourth-order valence-electron chi connectivity index (χ4n) is 4.58. The molecule has 0 radical (unpaired) electrons. The lowest BCUT2D eigenvalue weighted by molar-refractivity contribution is 0.938. The molecule has 5 aromatic rings. The number of rotatable bonds is 1. The van der Waals surface area contributed by atoms with Crippen LogP contribution in [0.4, 0.5) is 0 Å². The maximum absolute atomic E-state index is 3.72. The third kappa shape index (κ3) is 1.76. The molecule has 0 saturated carbocycles. The van der Waals surface area contributed by atoms with Gasteiger partial charge in [0.25, 0.3) is 0 Å². The number of aromatic nitrogens is 2. The number of fused-ring (bicyclic) bond motifs is 7. The molecule has 0 bridgehead atoms. The molecule has 0 amide bonds. The van der Waals surface area contributed by atoms with Gasteiger partial charge in [0.05, 0.1) is 16.9 Å². The number of para-hydroxylation sites is 3. The van der Waals surface area contributed by atoms with E-state index in [0.29, 0.717) is 0 Å². The zero-order valence-corrected chi connectivity index (χ0v) is 14.4. The second-order valence-electron chi connectivity index (χ2n) is 7.04. The number of benzene rings is 3. The molecule has 2 heterocycles. The largest absolute Gasteiger partial charge is 0.353 e. The molecule has 6 rings (SSSR count). The van der Waals surface area contributed by atoms with E-state index in [2.05, 4.69) is 88.4 Å². The predicted octanol–water partition coefficient (Wildman–Crippen LogP) is 5.88. The monoisotopic (exact) mass is 334 g/mol. The highest BCUT2D eigenvalue weighted by atomic mass is 15.0. The number of aryl methyl sites for hydroxylation is 2. The van der Waals surface area contributed by atoms with Crippen LogP contribution in [0.2, 0.25) is 0 Å². The average Bonchev–Trinajstić information content (AvgIpc) is 3.24. The van der Waals surface area contributed by atoms with Gasteiger partial charge in [-0.25, -0.2) is 0 Å². The molecule has 0 spiro atoms. The molecular formula is C24H18N2. The zero-order chi connectivity index (χ0) is 17.1. The lowest BCUT2D eigenvalue weighted by Gasteiger charge is -2.17. The highest BCUT2D eigenvalue weighted by molar-refractivity contribution is 5.99. The Labute approximate surface area is 151 Å². The molecule has 0 aliphatic heterocycles. The van der Waals surface area contributed by atoms with Crippen molar-refractivity contribution in [3.05, 3.63) is 90.0 Å². The molecular weight excluding hydrogens is 316 g/mol. The van der Waals surface area contributed by atoms with Crippen LogP contribution in [0, 0.1) is 0 Å². The van der Waals surface area contributed by atoms with Crippen molar-refractivity contribution in [3.8, 4) is 17.1 Å². The lowest BCUT2D eigenvalue weighted by Crippen LogP contribution is -2.05. The van der Waals surface area contributed by atoms with E-state index in [-0.39, 0.29) is 0 Å². The summed E-state index contributed by atoms with van der Waals surface area (Å²) in [5.41, 5.74) is 9.26. The predicted molar refractivity (Wildman–Crippen MR) is 108 cm³/mol. The summed E-state index contributed by atoms with van der Waals surface area (Å²) in [6.45, 7) is 0. The van der Waals surface area contributed by atoms with Gasteiger partial charge in [-0.15, -0.1) is 0 Å². The van der Waals surface area contributed by atoms with E-state index in [1.54, 1.807) is 0 Å². The van der Waals surface area contributed by atoms with E-state index in [9.17, 15) is 0 Å². The normalized spacial score (nSPS) is 13.1. The van der Waals surface area contributed by atoms with E-state index in [1.807, 2.05) is 0 Å². The summed E-state index contributed by atoms with van der Waals surface area (Å²) in [6.07, 6.45) is 2.18. The van der Waals surface area contributed by atoms with Crippen LogP contribution in [-0.4, -0.2) is 9.55 Å². The van der Waals surface area contributed by atoms with Crippen molar-refractivity contribution in [1.82, 2.24) is 9.55 Å². The van der Waals surface area contributed by atoms with Crippen molar-refractivity contribution in [2.75, 3.05) is 0 Å². The molecule has 0 unspecified atom stereocenters. The van der Waals surface area contributed by atoms with Crippen LogP contribution in [0.25, 0.3) is 38.9 Å². The molecule has 2 heteroatoms. The molecule has 3 aromatic carbocycles. The van der Waals surface area contributed by atoms with E-state index in [4.69, 9.17) is 0 Å². The summed E-state index contributed by atoms with van der Waals surface area (Å²) in [5, 5.41) is 2.73. The highest BCUT2D eigenvalue weighted by Gasteiger charge is 2.27. The van der Waals surface area contributed by atoms with E-state index in [0.717, 1.165) is 12.8 Å². The Kier molecular flexibility index (Phi) is 2.75. The summed E-state index contributed by atoms with van der Waals surface area (Å²) in [7, 11) is 0. The Morgan fingerprint density at radius 3 is 2.23 bits per heavy atom. The molecule has 0 fully saturated rings. The number of nitrogens with zero attached hydrogens (tertiary/aromatic N) is 1.